The fourth-order valence-corrected chi connectivity index (χ4v) is 5.32. The fourth-order valence-electron chi connectivity index (χ4n) is 5.32. The van der Waals surface area contributed by atoms with E-state index in [0.717, 1.165) is 57.1 Å². The summed E-state index contributed by atoms with van der Waals surface area (Å²) >= 11 is 0. The molecule has 2 saturated heterocycles. The molecule has 1 atom stereocenters. The van der Waals surface area contributed by atoms with Gasteiger partial charge in [0.25, 0.3) is 17.4 Å². The highest BCUT2D eigenvalue weighted by Crippen LogP contribution is 2.28. The second-order valence-corrected chi connectivity index (χ2v) is 9.32. The zero-order chi connectivity index (χ0) is 23.8. The second kappa shape index (κ2) is 8.96. The van der Waals surface area contributed by atoms with Crippen molar-refractivity contribution in [2.75, 3.05) is 36.8 Å². The van der Waals surface area contributed by atoms with Crippen molar-refractivity contribution in [1.29, 1.82) is 0 Å². The summed E-state index contributed by atoms with van der Waals surface area (Å²) in [5.74, 6) is -0.997. The molecule has 0 radical (unpaired) electrons. The van der Waals surface area contributed by atoms with Gasteiger partial charge in [-0.05, 0) is 49.9 Å². The van der Waals surface area contributed by atoms with Gasteiger partial charge in [0.15, 0.2) is 0 Å². The Balaban J connectivity index is 1.35. The van der Waals surface area contributed by atoms with E-state index >= 15 is 0 Å². The fraction of sp³-hybridized carbons (Fsp3) is 0.440. The van der Waals surface area contributed by atoms with E-state index in [9.17, 15) is 19.2 Å². The van der Waals surface area contributed by atoms with Crippen molar-refractivity contribution in [2.24, 2.45) is 5.92 Å². The van der Waals surface area contributed by atoms with Gasteiger partial charge in [0, 0.05) is 37.9 Å². The maximum atomic E-state index is 13.1. The van der Waals surface area contributed by atoms with Crippen molar-refractivity contribution >= 4 is 29.2 Å². The summed E-state index contributed by atoms with van der Waals surface area (Å²) in [6.45, 7) is 3.28. The smallest absolute Gasteiger partial charge is 0.262 e. The van der Waals surface area contributed by atoms with E-state index in [1.165, 1.54) is 17.4 Å². The number of hydrogen-bond acceptors (Lipinski definition) is 6. The predicted octanol–water partition coefficient (Wildman–Crippen LogP) is 1.92. The Bertz CT molecular complexity index is 1200. The quantitative estimate of drug-likeness (QED) is 0.672. The van der Waals surface area contributed by atoms with Gasteiger partial charge in [-0.2, -0.15) is 0 Å². The molecule has 1 aromatic heterocycles. The molecule has 1 aromatic carbocycles. The number of carbonyl (C=O) groups is 3. The second-order valence-electron chi connectivity index (χ2n) is 9.32. The first kappa shape index (κ1) is 22.2. The van der Waals surface area contributed by atoms with Gasteiger partial charge in [0.2, 0.25) is 5.91 Å². The number of nitrogen functional groups attached to an aromatic ring is 1. The number of hydrogen-bond donors (Lipinski definition) is 2. The minimum atomic E-state index is -0.610. The highest BCUT2D eigenvalue weighted by atomic mass is 16.2. The molecule has 4 heterocycles. The van der Waals surface area contributed by atoms with E-state index in [-0.39, 0.29) is 28.8 Å². The summed E-state index contributed by atoms with van der Waals surface area (Å²) in [7, 11) is 0. The van der Waals surface area contributed by atoms with Gasteiger partial charge < -0.3 is 15.5 Å². The number of benzene rings is 1. The predicted molar refractivity (Wildman–Crippen MR) is 128 cm³/mol. The average molecular weight is 464 g/mol. The van der Waals surface area contributed by atoms with E-state index < -0.39 is 17.4 Å². The molecule has 2 fully saturated rings. The summed E-state index contributed by atoms with van der Waals surface area (Å²) in [5, 5.41) is 2.17. The van der Waals surface area contributed by atoms with E-state index in [1.807, 2.05) is 17.0 Å². The molecule has 0 aliphatic carbocycles. The van der Waals surface area contributed by atoms with Crippen LogP contribution in [0.2, 0.25) is 0 Å². The molecule has 3 amide bonds. The number of pyridine rings is 1. The molecule has 3 aliphatic heterocycles. The van der Waals surface area contributed by atoms with Crippen LogP contribution < -0.4 is 21.5 Å². The first-order valence-electron chi connectivity index (χ1n) is 12.0. The lowest BCUT2D eigenvalue weighted by Gasteiger charge is -2.36. The van der Waals surface area contributed by atoms with Gasteiger partial charge in [0.1, 0.15) is 5.82 Å². The summed E-state index contributed by atoms with van der Waals surface area (Å²) in [4.78, 5) is 54.0. The number of imide groups is 1. The lowest BCUT2D eigenvalue weighted by atomic mass is 9.95. The molecule has 34 heavy (non-hydrogen) atoms. The van der Waals surface area contributed by atoms with E-state index in [2.05, 4.69) is 10.2 Å². The minimum Gasteiger partial charge on any atom is -0.384 e. The number of nitrogens with two attached hydrogens (primary N) is 1. The van der Waals surface area contributed by atoms with Crippen molar-refractivity contribution < 1.29 is 14.4 Å². The molecule has 178 valence electrons. The van der Waals surface area contributed by atoms with Gasteiger partial charge in [-0.15, -0.1) is 0 Å². The number of rotatable bonds is 3. The highest BCUT2D eigenvalue weighted by Gasteiger charge is 2.32. The van der Waals surface area contributed by atoms with Gasteiger partial charge in [-0.25, -0.2) is 0 Å². The Morgan fingerprint density at radius 1 is 0.882 bits per heavy atom. The van der Waals surface area contributed by atoms with Gasteiger partial charge in [-0.3, -0.25) is 29.1 Å². The zero-order valence-electron chi connectivity index (χ0n) is 19.1. The third kappa shape index (κ3) is 3.95. The van der Waals surface area contributed by atoms with Crippen LogP contribution in [0.15, 0.2) is 35.1 Å². The van der Waals surface area contributed by atoms with Crippen LogP contribution in [0.4, 0.5) is 11.5 Å². The van der Waals surface area contributed by atoms with E-state index in [0.29, 0.717) is 12.2 Å². The lowest BCUT2D eigenvalue weighted by molar-refractivity contribution is -0.135. The molecule has 2 aromatic rings. The highest BCUT2D eigenvalue weighted by molar-refractivity contribution is 6.23. The Morgan fingerprint density at radius 2 is 1.56 bits per heavy atom. The summed E-state index contributed by atoms with van der Waals surface area (Å²) in [6.07, 6.45) is 6.44. The standard InChI is InChI=1S/C25H29N5O4/c26-22-21-19(23(32)27-24(21)33)14-20(31)30(22)18-9-7-17(8-10-18)29-13-5-6-16(15-29)25(34)28-11-3-1-2-4-12-28/h7-10,14,16H,1-6,11-13,15,26H2,(H,27,32,33). The topological polar surface area (TPSA) is 118 Å². The number of nitrogens with zero attached hydrogens (tertiary/aromatic N) is 3. The molecule has 1 unspecified atom stereocenters. The Hall–Kier alpha value is -3.62. The largest absolute Gasteiger partial charge is 0.384 e. The van der Waals surface area contributed by atoms with E-state index in [4.69, 9.17) is 5.73 Å². The van der Waals surface area contributed by atoms with E-state index in [1.54, 1.807) is 12.1 Å². The first-order valence-corrected chi connectivity index (χ1v) is 12.0. The van der Waals surface area contributed by atoms with Crippen molar-refractivity contribution in [1.82, 2.24) is 14.8 Å². The SMILES string of the molecule is Nc1c2c(cc(=O)n1-c1ccc(N3CCCC(C(=O)N4CCCCCC4)C3)cc1)C(=O)NC2=O. The minimum absolute atomic E-state index is 0.00227. The first-order chi connectivity index (χ1) is 16.4. The van der Waals surface area contributed by atoms with Gasteiger partial charge in [-0.1, -0.05) is 12.8 Å². The number of likely N-dealkylation sites (tertiary alicyclic amines) is 1. The molecule has 0 saturated carbocycles. The number of nitrogens with one attached hydrogen (secondary N) is 1. The maximum absolute atomic E-state index is 13.1. The summed E-state index contributed by atoms with van der Waals surface area (Å²) < 4.78 is 1.24. The lowest BCUT2D eigenvalue weighted by Crippen LogP contribution is -2.45. The van der Waals surface area contributed by atoms with Crippen LogP contribution >= 0.6 is 0 Å². The third-order valence-electron chi connectivity index (χ3n) is 7.11. The molecular formula is C25H29N5O4. The van der Waals surface area contributed by atoms with Gasteiger partial charge >= 0.3 is 0 Å². The number of carbonyl (C=O) groups excluding carboxylic acids is 3. The van der Waals surface area contributed by atoms with Crippen molar-refractivity contribution in [3.8, 4) is 5.69 Å². The monoisotopic (exact) mass is 463 g/mol. The maximum Gasteiger partial charge on any atom is 0.262 e. The molecule has 9 nitrogen and oxygen atoms in total. The molecule has 5 rings (SSSR count). The summed E-state index contributed by atoms with van der Waals surface area (Å²) in [6, 6.07) is 8.49. The molecular weight excluding hydrogens is 434 g/mol. The van der Waals surface area contributed by atoms with Crippen molar-refractivity contribution in [3.63, 3.8) is 0 Å². The van der Waals surface area contributed by atoms with Crippen molar-refractivity contribution in [3.05, 3.63) is 51.8 Å². The Kier molecular flexibility index (Phi) is 5.85. The van der Waals surface area contributed by atoms with Crippen LogP contribution in [0, 0.1) is 5.92 Å². The number of fused-ring (bicyclic) bond motifs is 1. The Morgan fingerprint density at radius 3 is 2.26 bits per heavy atom. The van der Waals surface area contributed by atoms with Crippen molar-refractivity contribution in [2.45, 2.75) is 38.5 Å². The van der Waals surface area contributed by atoms with Crippen LogP contribution in [-0.2, 0) is 4.79 Å². The molecule has 9 heteroatoms. The number of amides is 3. The third-order valence-corrected chi connectivity index (χ3v) is 7.11. The zero-order valence-corrected chi connectivity index (χ0v) is 19.1. The molecule has 0 bridgehead atoms. The Labute approximate surface area is 197 Å². The van der Waals surface area contributed by atoms with Gasteiger partial charge in [0.05, 0.1) is 22.7 Å². The number of piperidine rings is 1. The number of aromatic nitrogens is 1. The normalized spacial score (nSPS) is 20.6. The van der Waals surface area contributed by atoms with Crippen LogP contribution in [0.3, 0.4) is 0 Å². The molecule has 3 aliphatic rings. The van der Waals surface area contributed by atoms with Crippen LogP contribution in [-0.4, -0.2) is 53.4 Å². The van der Waals surface area contributed by atoms with Crippen LogP contribution in [0.1, 0.15) is 59.2 Å². The van der Waals surface area contributed by atoms with Crippen LogP contribution in [0.25, 0.3) is 5.69 Å². The summed E-state index contributed by atoms with van der Waals surface area (Å²) in [5.41, 5.74) is 7.17. The molecule has 3 N–H and O–H groups in total. The van der Waals surface area contributed by atoms with Crippen LogP contribution in [0.5, 0.6) is 0 Å². The average Bonchev–Trinajstić information content (AvgIpc) is 3.00. The number of anilines is 2. The molecule has 0 spiro atoms.